The lowest BCUT2D eigenvalue weighted by molar-refractivity contribution is 0.669. The van der Waals surface area contributed by atoms with E-state index in [2.05, 4.69) is 205 Å². The van der Waals surface area contributed by atoms with Crippen LogP contribution >= 0.6 is 0 Å². The van der Waals surface area contributed by atoms with E-state index in [0.29, 0.717) is 0 Å². The number of nitrogens with zero attached hydrogens (tertiary/aromatic N) is 1. The predicted molar refractivity (Wildman–Crippen MR) is 247 cm³/mol. The first-order chi connectivity index (χ1) is 29.2. The Hall–Kier alpha value is -7.88. The summed E-state index contributed by atoms with van der Waals surface area (Å²) in [6.07, 6.45) is 0. The second-order valence-electron chi connectivity index (χ2n) is 15.3. The summed E-state index contributed by atoms with van der Waals surface area (Å²) in [5, 5.41) is 9.27. The topological polar surface area (TPSA) is 29.5 Å². The summed E-state index contributed by atoms with van der Waals surface area (Å²) in [4.78, 5) is 2.36. The molecule has 0 bridgehead atoms. The van der Waals surface area contributed by atoms with Gasteiger partial charge < -0.3 is 13.7 Å². The average molecular weight is 754 g/mol. The van der Waals surface area contributed by atoms with Gasteiger partial charge in [0.15, 0.2) is 0 Å². The molecule has 10 aromatic carbocycles. The molecule has 0 amide bonds. The minimum atomic E-state index is 0.885. The van der Waals surface area contributed by atoms with Crippen molar-refractivity contribution in [1.29, 1.82) is 0 Å². The van der Waals surface area contributed by atoms with Crippen molar-refractivity contribution in [3.63, 3.8) is 0 Å². The zero-order valence-electron chi connectivity index (χ0n) is 32.0. The van der Waals surface area contributed by atoms with Gasteiger partial charge in [-0.05, 0) is 122 Å². The van der Waals surface area contributed by atoms with Crippen LogP contribution in [-0.4, -0.2) is 0 Å². The summed E-state index contributed by atoms with van der Waals surface area (Å²) in [5.74, 6) is 0. The van der Waals surface area contributed by atoms with E-state index in [1.54, 1.807) is 0 Å². The maximum Gasteiger partial charge on any atom is 0.143 e. The van der Waals surface area contributed by atoms with Gasteiger partial charge in [-0.2, -0.15) is 0 Å². The lowest BCUT2D eigenvalue weighted by Crippen LogP contribution is -2.10. The van der Waals surface area contributed by atoms with Gasteiger partial charge in [0.25, 0.3) is 0 Å². The van der Waals surface area contributed by atoms with Crippen LogP contribution in [0, 0.1) is 0 Å². The summed E-state index contributed by atoms with van der Waals surface area (Å²) < 4.78 is 12.9. The summed E-state index contributed by atoms with van der Waals surface area (Å²) in [5.41, 5.74) is 13.6. The van der Waals surface area contributed by atoms with Crippen molar-refractivity contribution in [3.05, 3.63) is 212 Å². The van der Waals surface area contributed by atoms with Crippen LogP contribution in [0.15, 0.2) is 221 Å². The van der Waals surface area contributed by atoms with Gasteiger partial charge in [-0.1, -0.05) is 140 Å². The summed E-state index contributed by atoms with van der Waals surface area (Å²) in [7, 11) is 0. The maximum atomic E-state index is 6.60. The van der Waals surface area contributed by atoms with Gasteiger partial charge in [-0.3, -0.25) is 0 Å². The van der Waals surface area contributed by atoms with Gasteiger partial charge in [0.05, 0.1) is 0 Å². The number of fused-ring (bicyclic) bond motifs is 9. The molecule has 0 spiro atoms. The molecule has 0 N–H and O–H groups in total. The van der Waals surface area contributed by atoms with Crippen molar-refractivity contribution >= 4 is 82.5 Å². The molecule has 12 rings (SSSR count). The summed E-state index contributed by atoms with van der Waals surface area (Å²) in [6.45, 7) is 0. The molecule has 276 valence electrons. The highest BCUT2D eigenvalue weighted by atomic mass is 16.3. The van der Waals surface area contributed by atoms with Crippen molar-refractivity contribution in [2.45, 2.75) is 0 Å². The molecule has 0 unspecified atom stereocenters. The molecule has 0 fully saturated rings. The van der Waals surface area contributed by atoms with Gasteiger partial charge in [0, 0.05) is 44.0 Å². The molecule has 3 heteroatoms. The van der Waals surface area contributed by atoms with Crippen LogP contribution in [0.5, 0.6) is 0 Å². The van der Waals surface area contributed by atoms with Gasteiger partial charge in [-0.15, -0.1) is 0 Å². The SMILES string of the molecule is c1cc(-c2ccc3ccccc3c2)cc(N(c2ccc(-c3ccc4c(c3)oc3ccccc34)cc2)c2cccc(-c3cccc4oc5c6ccccc6ccc5c34)c2)c1. The molecule has 12 aromatic rings. The number of para-hydroxylation sites is 1. The van der Waals surface area contributed by atoms with E-state index in [0.717, 1.165) is 94.1 Å². The first-order valence-corrected chi connectivity index (χ1v) is 20.1. The fourth-order valence-electron chi connectivity index (χ4n) is 8.96. The second kappa shape index (κ2) is 13.4. The molecule has 2 heterocycles. The Bertz CT molecular complexity index is 3570. The lowest BCUT2D eigenvalue weighted by atomic mass is 9.97. The number of hydrogen-bond acceptors (Lipinski definition) is 3. The Labute approximate surface area is 340 Å². The molecule has 0 aliphatic carbocycles. The average Bonchev–Trinajstić information content (AvgIpc) is 3.88. The second-order valence-corrected chi connectivity index (χ2v) is 15.3. The smallest absolute Gasteiger partial charge is 0.143 e. The zero-order chi connectivity index (χ0) is 38.9. The molecule has 3 nitrogen and oxygen atoms in total. The van der Waals surface area contributed by atoms with Crippen molar-refractivity contribution in [2.75, 3.05) is 4.90 Å². The summed E-state index contributed by atoms with van der Waals surface area (Å²) >= 11 is 0. The fraction of sp³-hybridized carbons (Fsp3) is 0. The molecule has 2 aromatic heterocycles. The minimum Gasteiger partial charge on any atom is -0.456 e. The van der Waals surface area contributed by atoms with Crippen LogP contribution in [0.4, 0.5) is 17.1 Å². The first-order valence-electron chi connectivity index (χ1n) is 20.1. The normalized spacial score (nSPS) is 11.7. The molecule has 0 aliphatic rings. The highest BCUT2D eigenvalue weighted by Gasteiger charge is 2.19. The van der Waals surface area contributed by atoms with Crippen molar-refractivity contribution < 1.29 is 8.83 Å². The van der Waals surface area contributed by atoms with Crippen LogP contribution in [0.25, 0.3) is 98.8 Å². The number of furan rings is 2. The predicted octanol–water partition coefficient (Wildman–Crippen LogP) is 16.3. The van der Waals surface area contributed by atoms with Gasteiger partial charge in [-0.25, -0.2) is 0 Å². The largest absolute Gasteiger partial charge is 0.456 e. The van der Waals surface area contributed by atoms with Gasteiger partial charge in [0.2, 0.25) is 0 Å². The van der Waals surface area contributed by atoms with Crippen LogP contribution in [0.3, 0.4) is 0 Å². The molecule has 59 heavy (non-hydrogen) atoms. The van der Waals surface area contributed by atoms with E-state index < -0.39 is 0 Å². The maximum absolute atomic E-state index is 6.60. The van der Waals surface area contributed by atoms with E-state index in [4.69, 9.17) is 8.83 Å². The fourth-order valence-corrected chi connectivity index (χ4v) is 8.96. The van der Waals surface area contributed by atoms with Crippen molar-refractivity contribution in [2.24, 2.45) is 0 Å². The van der Waals surface area contributed by atoms with Crippen molar-refractivity contribution in [3.8, 4) is 33.4 Å². The van der Waals surface area contributed by atoms with Crippen LogP contribution < -0.4 is 4.90 Å². The summed E-state index contributed by atoms with van der Waals surface area (Å²) in [6, 6.07) is 75.9. The highest BCUT2D eigenvalue weighted by molar-refractivity contribution is 6.19. The molecule has 0 atom stereocenters. The third-order valence-corrected chi connectivity index (χ3v) is 11.8. The van der Waals surface area contributed by atoms with E-state index in [-0.39, 0.29) is 0 Å². The Morgan fingerprint density at radius 2 is 0.881 bits per heavy atom. The molecule has 0 saturated carbocycles. The number of benzene rings is 10. The van der Waals surface area contributed by atoms with Gasteiger partial charge in [0.1, 0.15) is 22.3 Å². The van der Waals surface area contributed by atoms with Crippen LogP contribution in [0.2, 0.25) is 0 Å². The first kappa shape index (κ1) is 33.3. The van der Waals surface area contributed by atoms with E-state index in [1.165, 1.54) is 21.7 Å². The van der Waals surface area contributed by atoms with E-state index in [1.807, 2.05) is 12.1 Å². The lowest BCUT2D eigenvalue weighted by Gasteiger charge is -2.27. The third-order valence-electron chi connectivity index (χ3n) is 11.8. The van der Waals surface area contributed by atoms with Crippen molar-refractivity contribution in [1.82, 2.24) is 0 Å². The molecule has 0 radical (unpaired) electrons. The van der Waals surface area contributed by atoms with Crippen LogP contribution in [0.1, 0.15) is 0 Å². The molecular weight excluding hydrogens is 719 g/mol. The number of rotatable bonds is 6. The van der Waals surface area contributed by atoms with E-state index >= 15 is 0 Å². The third kappa shape index (κ3) is 5.59. The minimum absolute atomic E-state index is 0.885. The monoisotopic (exact) mass is 753 g/mol. The number of hydrogen-bond donors (Lipinski definition) is 0. The Kier molecular flexibility index (Phi) is 7.54. The Morgan fingerprint density at radius 3 is 1.75 bits per heavy atom. The molecule has 0 aliphatic heterocycles. The van der Waals surface area contributed by atoms with Gasteiger partial charge >= 0.3 is 0 Å². The Morgan fingerprint density at radius 1 is 0.288 bits per heavy atom. The van der Waals surface area contributed by atoms with Crippen LogP contribution in [-0.2, 0) is 0 Å². The zero-order valence-corrected chi connectivity index (χ0v) is 32.0. The highest BCUT2D eigenvalue weighted by Crippen LogP contribution is 2.43. The molecule has 0 saturated heterocycles. The standard InChI is InChI=1S/C56H35NO2/c1-2-12-39-32-41(23-22-36(39)10-1)40-13-7-15-45(33-40)57(44-28-24-37(25-29-44)42-27-30-50-49-18-5-6-20-52(49)58-54(50)35-42)46-16-8-14-43(34-46)47-19-9-21-53-55(47)51-31-26-38-11-3-4-17-48(38)56(51)59-53/h1-35H. The quantitative estimate of drug-likeness (QED) is 0.169. The Balaban J connectivity index is 0.994. The number of anilines is 3. The van der Waals surface area contributed by atoms with E-state index in [9.17, 15) is 0 Å². The molecular formula is C56H35NO2.